The molecule has 0 spiro atoms. The molecule has 28 heavy (non-hydrogen) atoms. The van der Waals surface area contributed by atoms with Crippen molar-refractivity contribution in [2.24, 2.45) is 0 Å². The van der Waals surface area contributed by atoms with Crippen LogP contribution in [0.15, 0.2) is 24.3 Å². The third-order valence-electron chi connectivity index (χ3n) is 4.85. The van der Waals surface area contributed by atoms with Gasteiger partial charge < -0.3 is 25.0 Å². The molecule has 2 aliphatic rings. The molecule has 0 saturated carbocycles. The molecule has 8 nitrogen and oxygen atoms in total. The fourth-order valence-corrected chi connectivity index (χ4v) is 3.41. The number of nitrogens with zero attached hydrogens (tertiary/aromatic N) is 3. The molecule has 0 aliphatic carbocycles. The van der Waals surface area contributed by atoms with Gasteiger partial charge in [-0.3, -0.25) is 4.79 Å². The summed E-state index contributed by atoms with van der Waals surface area (Å²) in [6, 6.07) is 7.20. The molecular formula is C20H25N5O3. The molecule has 0 unspecified atom stereocenters. The van der Waals surface area contributed by atoms with Gasteiger partial charge in [0.1, 0.15) is 5.82 Å². The average Bonchev–Trinajstić information content (AvgIpc) is 3.19. The zero-order chi connectivity index (χ0) is 19.3. The van der Waals surface area contributed by atoms with Gasteiger partial charge in [0.15, 0.2) is 11.5 Å². The summed E-state index contributed by atoms with van der Waals surface area (Å²) in [7, 11) is 0. The minimum atomic E-state index is -0.153. The number of nitrogens with one attached hydrogen (secondary N) is 2. The largest absolute Gasteiger partial charge is 0.454 e. The Hall–Kier alpha value is -3.03. The quantitative estimate of drug-likeness (QED) is 0.740. The lowest BCUT2D eigenvalue weighted by Gasteiger charge is -2.28. The van der Waals surface area contributed by atoms with Crippen LogP contribution >= 0.6 is 0 Å². The molecule has 148 valence electrons. The van der Waals surface area contributed by atoms with E-state index in [4.69, 9.17) is 9.47 Å². The topological polar surface area (TPSA) is 88.6 Å². The van der Waals surface area contributed by atoms with Crippen molar-refractivity contribution >= 4 is 17.7 Å². The van der Waals surface area contributed by atoms with Crippen LogP contribution in [0.25, 0.3) is 0 Å². The number of fused-ring (bicyclic) bond motifs is 1. The fraction of sp³-hybridized carbons (Fsp3) is 0.450. The van der Waals surface area contributed by atoms with E-state index >= 15 is 0 Å². The van der Waals surface area contributed by atoms with Crippen LogP contribution in [0.5, 0.6) is 11.5 Å². The predicted molar refractivity (Wildman–Crippen MR) is 106 cm³/mol. The van der Waals surface area contributed by atoms with E-state index in [1.165, 1.54) is 19.3 Å². The lowest BCUT2D eigenvalue weighted by molar-refractivity contribution is 0.0954. The van der Waals surface area contributed by atoms with Crippen molar-refractivity contribution in [1.29, 1.82) is 0 Å². The zero-order valence-electron chi connectivity index (χ0n) is 16.0. The molecule has 3 heterocycles. The lowest BCUT2D eigenvalue weighted by atomic mass is 10.1. The first kappa shape index (κ1) is 18.3. The van der Waals surface area contributed by atoms with Crippen molar-refractivity contribution < 1.29 is 14.3 Å². The summed E-state index contributed by atoms with van der Waals surface area (Å²) in [6.07, 6.45) is 3.70. The normalized spacial score (nSPS) is 15.4. The molecule has 1 amide bonds. The molecule has 8 heteroatoms. The minimum absolute atomic E-state index is 0.153. The van der Waals surface area contributed by atoms with E-state index in [-0.39, 0.29) is 12.7 Å². The molecule has 0 radical (unpaired) electrons. The van der Waals surface area contributed by atoms with Crippen LogP contribution < -0.4 is 25.0 Å². The fourth-order valence-electron chi connectivity index (χ4n) is 3.41. The summed E-state index contributed by atoms with van der Waals surface area (Å²) >= 11 is 0. The summed E-state index contributed by atoms with van der Waals surface area (Å²) in [5.41, 5.74) is 1.48. The summed E-state index contributed by atoms with van der Waals surface area (Å²) in [4.78, 5) is 23.7. The van der Waals surface area contributed by atoms with Gasteiger partial charge in [0.25, 0.3) is 5.91 Å². The third-order valence-corrected chi connectivity index (χ3v) is 4.85. The number of benzene rings is 1. The molecule has 4 rings (SSSR count). The number of piperidine rings is 1. The van der Waals surface area contributed by atoms with Crippen LogP contribution in [0.3, 0.4) is 0 Å². The van der Waals surface area contributed by atoms with Crippen molar-refractivity contribution in [2.45, 2.75) is 26.2 Å². The van der Waals surface area contributed by atoms with E-state index < -0.39 is 0 Å². The highest BCUT2D eigenvalue weighted by Gasteiger charge is 2.16. The van der Waals surface area contributed by atoms with Gasteiger partial charge in [0.05, 0.1) is 0 Å². The Morgan fingerprint density at radius 2 is 1.89 bits per heavy atom. The van der Waals surface area contributed by atoms with Gasteiger partial charge in [0.2, 0.25) is 12.7 Å². The maximum atomic E-state index is 12.3. The molecule has 2 N–H and O–H groups in total. The Bertz CT molecular complexity index is 852. The first-order valence-electron chi connectivity index (χ1n) is 9.71. The van der Waals surface area contributed by atoms with Crippen molar-refractivity contribution in [2.75, 3.05) is 43.2 Å². The highest BCUT2D eigenvalue weighted by atomic mass is 16.7. The van der Waals surface area contributed by atoms with Crippen molar-refractivity contribution in [3.8, 4) is 11.5 Å². The first-order chi connectivity index (χ1) is 13.7. The van der Waals surface area contributed by atoms with Gasteiger partial charge in [-0.1, -0.05) is 0 Å². The molecule has 2 aliphatic heterocycles. The minimum Gasteiger partial charge on any atom is -0.454 e. The molecule has 1 aromatic carbocycles. The van der Waals surface area contributed by atoms with Crippen LogP contribution in [0, 0.1) is 6.92 Å². The maximum Gasteiger partial charge on any atom is 0.251 e. The van der Waals surface area contributed by atoms with Crippen LogP contribution in [0.1, 0.15) is 35.3 Å². The van der Waals surface area contributed by atoms with E-state index in [0.29, 0.717) is 36.1 Å². The van der Waals surface area contributed by atoms with Gasteiger partial charge in [-0.25, -0.2) is 4.98 Å². The number of aryl methyl sites for hydroxylation is 1. The molecule has 0 bridgehead atoms. The summed E-state index contributed by atoms with van der Waals surface area (Å²) in [6.45, 7) is 5.26. The summed E-state index contributed by atoms with van der Waals surface area (Å²) in [5, 5.41) is 6.09. The predicted octanol–water partition coefficient (Wildman–Crippen LogP) is 2.35. The average molecular weight is 383 g/mol. The first-order valence-corrected chi connectivity index (χ1v) is 9.71. The number of hydrogen-bond donors (Lipinski definition) is 2. The second-order valence-corrected chi connectivity index (χ2v) is 6.99. The number of hydrogen-bond acceptors (Lipinski definition) is 7. The molecule has 1 saturated heterocycles. The Kier molecular flexibility index (Phi) is 5.45. The zero-order valence-corrected chi connectivity index (χ0v) is 16.0. The number of amides is 1. The lowest BCUT2D eigenvalue weighted by Crippen LogP contribution is -2.31. The van der Waals surface area contributed by atoms with Crippen molar-refractivity contribution in [1.82, 2.24) is 15.3 Å². The highest BCUT2D eigenvalue weighted by molar-refractivity contribution is 5.94. The van der Waals surface area contributed by atoms with Gasteiger partial charge in [-0.05, 0) is 44.4 Å². The van der Waals surface area contributed by atoms with Gasteiger partial charge in [0, 0.05) is 43.5 Å². The van der Waals surface area contributed by atoms with E-state index in [1.54, 1.807) is 18.2 Å². The number of ether oxygens (including phenoxy) is 2. The summed E-state index contributed by atoms with van der Waals surface area (Å²) in [5.74, 6) is 2.68. The van der Waals surface area contributed by atoms with Crippen LogP contribution in [0.2, 0.25) is 0 Å². The standard InChI is InChI=1S/C20H25N5O3/c1-14-11-18(25-9-3-2-4-10-25)24-20(23-14)22-8-7-21-19(26)15-5-6-16-17(12-15)28-13-27-16/h5-6,11-12H,2-4,7-10,13H2,1H3,(H,21,26)(H,22,23,24). The van der Waals surface area contributed by atoms with Crippen molar-refractivity contribution in [3.05, 3.63) is 35.5 Å². The van der Waals surface area contributed by atoms with Gasteiger partial charge in [-0.2, -0.15) is 4.98 Å². The molecular weight excluding hydrogens is 358 g/mol. The van der Waals surface area contributed by atoms with E-state index in [9.17, 15) is 4.79 Å². The van der Waals surface area contributed by atoms with Crippen LogP contribution in [-0.2, 0) is 0 Å². The van der Waals surface area contributed by atoms with Crippen molar-refractivity contribution in [3.63, 3.8) is 0 Å². The Morgan fingerprint density at radius 1 is 1.07 bits per heavy atom. The second-order valence-electron chi connectivity index (χ2n) is 6.99. The maximum absolute atomic E-state index is 12.3. The summed E-state index contributed by atoms with van der Waals surface area (Å²) < 4.78 is 10.6. The Morgan fingerprint density at radius 3 is 2.75 bits per heavy atom. The van der Waals surface area contributed by atoms with E-state index in [0.717, 1.165) is 24.6 Å². The molecule has 1 fully saturated rings. The van der Waals surface area contributed by atoms with Crippen LogP contribution in [-0.4, -0.2) is 48.8 Å². The number of anilines is 2. The SMILES string of the molecule is Cc1cc(N2CCCCC2)nc(NCCNC(=O)c2ccc3c(c2)OCO3)n1. The highest BCUT2D eigenvalue weighted by Crippen LogP contribution is 2.32. The number of aromatic nitrogens is 2. The second kappa shape index (κ2) is 8.33. The van der Waals surface area contributed by atoms with E-state index in [2.05, 4.69) is 25.5 Å². The van der Waals surface area contributed by atoms with Gasteiger partial charge in [-0.15, -0.1) is 0 Å². The number of carbonyl (C=O) groups excluding carboxylic acids is 1. The third kappa shape index (κ3) is 4.27. The van der Waals surface area contributed by atoms with Crippen LogP contribution in [0.4, 0.5) is 11.8 Å². The number of rotatable bonds is 6. The molecule has 0 atom stereocenters. The van der Waals surface area contributed by atoms with E-state index in [1.807, 2.05) is 13.0 Å². The molecule has 2 aromatic rings. The molecule has 1 aromatic heterocycles. The Balaban J connectivity index is 1.29. The smallest absolute Gasteiger partial charge is 0.251 e. The van der Waals surface area contributed by atoms with Gasteiger partial charge >= 0.3 is 0 Å². The number of carbonyl (C=O) groups is 1. The Labute approximate surface area is 164 Å². The monoisotopic (exact) mass is 383 g/mol.